The van der Waals surface area contributed by atoms with E-state index in [1.807, 2.05) is 0 Å². The zero-order chi connectivity index (χ0) is 14.6. The van der Waals surface area contributed by atoms with E-state index in [1.54, 1.807) is 37.5 Å². The van der Waals surface area contributed by atoms with E-state index in [0.717, 1.165) is 11.1 Å². The lowest BCUT2D eigenvalue weighted by Crippen LogP contribution is -2.18. The van der Waals surface area contributed by atoms with Gasteiger partial charge in [0, 0.05) is 12.4 Å². The Bertz CT molecular complexity index is 690. The summed E-state index contributed by atoms with van der Waals surface area (Å²) in [6.07, 6.45) is 5.11. The SMILES string of the molecule is Cc1cc(NS(=O)(=O)CCc2ccncc2)cnc1Cl. The van der Waals surface area contributed by atoms with E-state index in [0.29, 0.717) is 17.3 Å². The first-order valence-corrected chi connectivity index (χ1v) is 8.01. The summed E-state index contributed by atoms with van der Waals surface area (Å²) in [7, 11) is -3.42. The number of hydrogen-bond acceptors (Lipinski definition) is 4. The molecule has 0 aliphatic heterocycles. The maximum Gasteiger partial charge on any atom is 0.233 e. The third kappa shape index (κ3) is 4.18. The molecule has 0 saturated heterocycles. The molecule has 0 aromatic carbocycles. The summed E-state index contributed by atoms with van der Waals surface area (Å²) in [5, 5.41) is 0.365. The Hall–Kier alpha value is -1.66. The molecule has 0 atom stereocenters. The van der Waals surface area contributed by atoms with Crippen LogP contribution in [0.1, 0.15) is 11.1 Å². The van der Waals surface area contributed by atoms with E-state index in [9.17, 15) is 8.42 Å². The molecule has 0 bridgehead atoms. The summed E-state index contributed by atoms with van der Waals surface area (Å²) >= 11 is 5.80. The number of aryl methyl sites for hydroxylation is 2. The van der Waals surface area contributed by atoms with Gasteiger partial charge in [-0.2, -0.15) is 0 Å². The maximum atomic E-state index is 12.0. The van der Waals surface area contributed by atoms with Gasteiger partial charge in [-0.3, -0.25) is 9.71 Å². The molecular formula is C13H14ClN3O2S. The Morgan fingerprint density at radius 3 is 2.65 bits per heavy atom. The smallest absolute Gasteiger partial charge is 0.233 e. The van der Waals surface area contributed by atoms with E-state index in [4.69, 9.17) is 11.6 Å². The minimum Gasteiger partial charge on any atom is -0.282 e. The fourth-order valence-electron chi connectivity index (χ4n) is 1.65. The van der Waals surface area contributed by atoms with Crippen molar-refractivity contribution < 1.29 is 8.42 Å². The van der Waals surface area contributed by atoms with Crippen molar-refractivity contribution >= 4 is 27.3 Å². The van der Waals surface area contributed by atoms with Crippen molar-refractivity contribution in [3.8, 4) is 0 Å². The summed E-state index contributed by atoms with van der Waals surface area (Å²) in [6.45, 7) is 1.77. The molecule has 0 radical (unpaired) electrons. The first kappa shape index (κ1) is 14.7. The van der Waals surface area contributed by atoms with Crippen LogP contribution in [0.4, 0.5) is 5.69 Å². The van der Waals surface area contributed by atoms with Gasteiger partial charge in [-0.25, -0.2) is 13.4 Å². The van der Waals surface area contributed by atoms with Crippen LogP contribution in [0, 0.1) is 6.92 Å². The number of hydrogen-bond donors (Lipinski definition) is 1. The molecule has 0 amide bonds. The Kier molecular flexibility index (Phi) is 4.57. The molecule has 2 aromatic heterocycles. The minimum absolute atomic E-state index is 0.00130. The van der Waals surface area contributed by atoms with Crippen molar-refractivity contribution in [2.75, 3.05) is 10.5 Å². The highest BCUT2D eigenvalue weighted by Gasteiger charge is 2.11. The molecular weight excluding hydrogens is 298 g/mol. The Labute approximate surface area is 123 Å². The first-order valence-electron chi connectivity index (χ1n) is 5.98. The average molecular weight is 312 g/mol. The fraction of sp³-hybridized carbons (Fsp3) is 0.231. The summed E-state index contributed by atoms with van der Waals surface area (Å²) in [4.78, 5) is 7.80. The highest BCUT2D eigenvalue weighted by atomic mass is 35.5. The quantitative estimate of drug-likeness (QED) is 0.861. The van der Waals surface area contributed by atoms with Crippen LogP contribution >= 0.6 is 11.6 Å². The van der Waals surface area contributed by atoms with Crippen LogP contribution in [-0.4, -0.2) is 24.1 Å². The molecule has 0 spiro atoms. The zero-order valence-electron chi connectivity index (χ0n) is 10.9. The van der Waals surface area contributed by atoms with E-state index >= 15 is 0 Å². The number of aromatic nitrogens is 2. The molecule has 20 heavy (non-hydrogen) atoms. The maximum absolute atomic E-state index is 12.0. The van der Waals surface area contributed by atoms with Crippen molar-refractivity contribution in [1.29, 1.82) is 0 Å². The lowest BCUT2D eigenvalue weighted by Gasteiger charge is -2.08. The second kappa shape index (κ2) is 6.19. The van der Waals surface area contributed by atoms with Crippen LogP contribution in [0.3, 0.4) is 0 Å². The van der Waals surface area contributed by atoms with E-state index in [1.165, 1.54) is 6.20 Å². The topological polar surface area (TPSA) is 72.0 Å². The molecule has 5 nitrogen and oxygen atoms in total. The van der Waals surface area contributed by atoms with Gasteiger partial charge in [-0.15, -0.1) is 0 Å². The Balaban J connectivity index is 2.02. The van der Waals surface area contributed by atoms with Crippen LogP contribution in [0.25, 0.3) is 0 Å². The predicted molar refractivity (Wildman–Crippen MR) is 79.3 cm³/mol. The van der Waals surface area contributed by atoms with Gasteiger partial charge in [0.2, 0.25) is 10.0 Å². The molecule has 2 rings (SSSR count). The van der Waals surface area contributed by atoms with Crippen LogP contribution in [0.5, 0.6) is 0 Å². The summed E-state index contributed by atoms with van der Waals surface area (Å²) < 4.78 is 26.5. The first-order chi connectivity index (χ1) is 9.46. The molecule has 0 aliphatic carbocycles. The van der Waals surface area contributed by atoms with Crippen LogP contribution in [-0.2, 0) is 16.4 Å². The molecule has 0 aliphatic rings. The third-order valence-electron chi connectivity index (χ3n) is 2.70. The number of sulfonamides is 1. The van der Waals surface area contributed by atoms with E-state index in [-0.39, 0.29) is 5.75 Å². The fourth-order valence-corrected chi connectivity index (χ4v) is 2.83. The van der Waals surface area contributed by atoms with Crippen molar-refractivity contribution in [3.05, 3.63) is 53.1 Å². The average Bonchev–Trinajstić information content (AvgIpc) is 2.42. The predicted octanol–water partition coefficient (Wildman–Crippen LogP) is 2.42. The van der Waals surface area contributed by atoms with Crippen molar-refractivity contribution in [3.63, 3.8) is 0 Å². The van der Waals surface area contributed by atoms with Gasteiger partial charge in [0.15, 0.2) is 0 Å². The van der Waals surface area contributed by atoms with Gasteiger partial charge in [0.25, 0.3) is 0 Å². The van der Waals surface area contributed by atoms with Crippen molar-refractivity contribution in [1.82, 2.24) is 9.97 Å². The molecule has 0 unspecified atom stereocenters. The summed E-state index contributed by atoms with van der Waals surface area (Å²) in [5.41, 5.74) is 2.07. The summed E-state index contributed by atoms with van der Waals surface area (Å²) in [5.74, 6) is -0.00130. The van der Waals surface area contributed by atoms with Gasteiger partial charge in [-0.05, 0) is 42.7 Å². The number of nitrogens with zero attached hydrogens (tertiary/aromatic N) is 2. The van der Waals surface area contributed by atoms with Crippen LogP contribution in [0.15, 0.2) is 36.8 Å². The van der Waals surface area contributed by atoms with Crippen molar-refractivity contribution in [2.24, 2.45) is 0 Å². The third-order valence-corrected chi connectivity index (χ3v) is 4.38. The van der Waals surface area contributed by atoms with Crippen LogP contribution < -0.4 is 4.72 Å². The second-order valence-electron chi connectivity index (χ2n) is 4.36. The summed E-state index contributed by atoms with van der Waals surface area (Å²) in [6, 6.07) is 5.24. The molecule has 2 aromatic rings. The molecule has 0 saturated carbocycles. The van der Waals surface area contributed by atoms with Gasteiger partial charge in [-0.1, -0.05) is 11.6 Å². The minimum atomic E-state index is -3.42. The molecule has 0 fully saturated rings. The molecule has 2 heterocycles. The number of pyridine rings is 2. The van der Waals surface area contributed by atoms with Crippen molar-refractivity contribution in [2.45, 2.75) is 13.3 Å². The van der Waals surface area contributed by atoms with Gasteiger partial charge in [0.05, 0.1) is 17.6 Å². The highest BCUT2D eigenvalue weighted by molar-refractivity contribution is 7.92. The number of halogens is 1. The second-order valence-corrected chi connectivity index (χ2v) is 6.56. The molecule has 1 N–H and O–H groups in total. The molecule has 106 valence electrons. The van der Waals surface area contributed by atoms with E-state index in [2.05, 4.69) is 14.7 Å². The van der Waals surface area contributed by atoms with Gasteiger partial charge < -0.3 is 0 Å². The normalized spacial score (nSPS) is 11.3. The number of nitrogens with one attached hydrogen (secondary N) is 1. The van der Waals surface area contributed by atoms with Crippen LogP contribution in [0.2, 0.25) is 5.15 Å². The largest absolute Gasteiger partial charge is 0.282 e. The lowest BCUT2D eigenvalue weighted by atomic mass is 10.2. The monoisotopic (exact) mass is 311 g/mol. The Morgan fingerprint density at radius 1 is 1.30 bits per heavy atom. The standard InChI is InChI=1S/C13H14ClN3O2S/c1-10-8-12(9-16-13(10)14)17-20(18,19)7-4-11-2-5-15-6-3-11/h2-3,5-6,8-9,17H,4,7H2,1H3. The van der Waals surface area contributed by atoms with Gasteiger partial charge >= 0.3 is 0 Å². The molecule has 7 heteroatoms. The number of anilines is 1. The number of rotatable bonds is 5. The Morgan fingerprint density at radius 2 is 2.00 bits per heavy atom. The zero-order valence-corrected chi connectivity index (χ0v) is 12.4. The van der Waals surface area contributed by atoms with Gasteiger partial charge in [0.1, 0.15) is 5.15 Å². The lowest BCUT2D eigenvalue weighted by molar-refractivity contribution is 0.600. The van der Waals surface area contributed by atoms with E-state index < -0.39 is 10.0 Å². The highest BCUT2D eigenvalue weighted by Crippen LogP contribution is 2.17.